The normalized spacial score (nSPS) is 13.7. The summed E-state index contributed by atoms with van der Waals surface area (Å²) < 4.78 is 9.80. The SMILES string of the molecule is COCC(O)CNCC(=O)OC(C)(C)C. The van der Waals surface area contributed by atoms with Crippen LogP contribution in [0.25, 0.3) is 0 Å². The Labute approximate surface area is 90.8 Å². The van der Waals surface area contributed by atoms with Gasteiger partial charge in [-0.1, -0.05) is 0 Å². The van der Waals surface area contributed by atoms with Gasteiger partial charge in [-0.3, -0.25) is 4.79 Å². The van der Waals surface area contributed by atoms with E-state index in [4.69, 9.17) is 9.47 Å². The van der Waals surface area contributed by atoms with Crippen molar-refractivity contribution in [3.05, 3.63) is 0 Å². The Morgan fingerprint density at radius 3 is 2.53 bits per heavy atom. The predicted octanol–water partition coefficient (Wildman–Crippen LogP) is -0.0750. The first-order valence-corrected chi connectivity index (χ1v) is 4.94. The topological polar surface area (TPSA) is 67.8 Å². The standard InChI is InChI=1S/C10H21NO4/c1-10(2,3)15-9(13)6-11-5-8(12)7-14-4/h8,11-12H,5-7H2,1-4H3. The molecule has 0 aromatic rings. The summed E-state index contributed by atoms with van der Waals surface area (Å²) in [6.07, 6.45) is -0.600. The van der Waals surface area contributed by atoms with Crippen molar-refractivity contribution in [2.24, 2.45) is 0 Å². The van der Waals surface area contributed by atoms with Crippen molar-refractivity contribution in [1.29, 1.82) is 0 Å². The minimum absolute atomic E-state index is 0.0953. The largest absolute Gasteiger partial charge is 0.459 e. The fraction of sp³-hybridized carbons (Fsp3) is 0.900. The van der Waals surface area contributed by atoms with Gasteiger partial charge in [0.05, 0.1) is 19.3 Å². The maximum atomic E-state index is 11.2. The van der Waals surface area contributed by atoms with E-state index in [1.807, 2.05) is 20.8 Å². The van der Waals surface area contributed by atoms with Crippen molar-refractivity contribution in [3.8, 4) is 0 Å². The zero-order valence-electron chi connectivity index (χ0n) is 9.87. The van der Waals surface area contributed by atoms with Crippen LogP contribution >= 0.6 is 0 Å². The van der Waals surface area contributed by atoms with Crippen LogP contribution in [0.4, 0.5) is 0 Å². The van der Waals surface area contributed by atoms with Gasteiger partial charge in [0, 0.05) is 13.7 Å². The van der Waals surface area contributed by atoms with Crippen molar-refractivity contribution < 1.29 is 19.4 Å². The van der Waals surface area contributed by atoms with Crippen LogP contribution in [0.15, 0.2) is 0 Å². The molecule has 0 bridgehead atoms. The molecule has 0 aliphatic heterocycles. The number of aliphatic hydroxyl groups excluding tert-OH is 1. The van der Waals surface area contributed by atoms with Gasteiger partial charge in [0.15, 0.2) is 0 Å². The van der Waals surface area contributed by atoms with Gasteiger partial charge in [0.1, 0.15) is 5.60 Å². The van der Waals surface area contributed by atoms with Crippen LogP contribution in [-0.2, 0) is 14.3 Å². The van der Waals surface area contributed by atoms with E-state index in [1.165, 1.54) is 7.11 Å². The minimum Gasteiger partial charge on any atom is -0.459 e. The third-order valence-electron chi connectivity index (χ3n) is 1.43. The van der Waals surface area contributed by atoms with Crippen molar-refractivity contribution in [2.45, 2.75) is 32.5 Å². The van der Waals surface area contributed by atoms with E-state index < -0.39 is 11.7 Å². The Hall–Kier alpha value is -0.650. The first kappa shape index (κ1) is 14.3. The lowest BCUT2D eigenvalue weighted by Gasteiger charge is -2.19. The first-order chi connectivity index (χ1) is 6.85. The number of nitrogens with one attached hydrogen (secondary N) is 1. The molecule has 5 nitrogen and oxygen atoms in total. The number of carbonyl (C=O) groups is 1. The average Bonchev–Trinajstić information content (AvgIpc) is 2.00. The molecule has 0 aromatic heterocycles. The summed E-state index contributed by atoms with van der Waals surface area (Å²) in [5.74, 6) is -0.327. The van der Waals surface area contributed by atoms with Gasteiger partial charge in [0.2, 0.25) is 0 Å². The number of carbonyl (C=O) groups excluding carboxylic acids is 1. The number of hydrogen-bond acceptors (Lipinski definition) is 5. The van der Waals surface area contributed by atoms with Gasteiger partial charge in [-0.05, 0) is 20.8 Å². The molecule has 0 aliphatic rings. The van der Waals surface area contributed by atoms with E-state index in [2.05, 4.69) is 5.32 Å². The molecule has 0 spiro atoms. The van der Waals surface area contributed by atoms with Gasteiger partial charge < -0.3 is 19.9 Å². The number of aliphatic hydroxyl groups is 1. The molecule has 0 saturated heterocycles. The second kappa shape index (κ2) is 6.76. The number of hydrogen-bond donors (Lipinski definition) is 2. The van der Waals surface area contributed by atoms with Gasteiger partial charge >= 0.3 is 5.97 Å². The van der Waals surface area contributed by atoms with E-state index in [9.17, 15) is 9.90 Å². The second-order valence-electron chi connectivity index (χ2n) is 4.33. The summed E-state index contributed by atoms with van der Waals surface area (Å²) >= 11 is 0. The Bertz CT molecular complexity index is 188. The third-order valence-corrected chi connectivity index (χ3v) is 1.43. The molecule has 5 heteroatoms. The maximum Gasteiger partial charge on any atom is 0.320 e. The molecule has 0 saturated carbocycles. The summed E-state index contributed by atoms with van der Waals surface area (Å²) in [5.41, 5.74) is -0.468. The third kappa shape index (κ3) is 9.65. The first-order valence-electron chi connectivity index (χ1n) is 4.94. The summed E-state index contributed by atoms with van der Waals surface area (Å²) in [6.45, 7) is 6.09. The highest BCUT2D eigenvalue weighted by molar-refractivity contribution is 5.72. The van der Waals surface area contributed by atoms with Crippen molar-refractivity contribution in [2.75, 3.05) is 26.8 Å². The van der Waals surface area contributed by atoms with Crippen molar-refractivity contribution >= 4 is 5.97 Å². The summed E-state index contributed by atoms with van der Waals surface area (Å²) in [4.78, 5) is 11.2. The molecule has 1 atom stereocenters. The lowest BCUT2D eigenvalue weighted by molar-refractivity contribution is -0.153. The maximum absolute atomic E-state index is 11.2. The highest BCUT2D eigenvalue weighted by Gasteiger charge is 2.15. The smallest absolute Gasteiger partial charge is 0.320 e. The van der Waals surface area contributed by atoms with Crippen LogP contribution in [0.1, 0.15) is 20.8 Å². The van der Waals surface area contributed by atoms with Crippen LogP contribution in [0.3, 0.4) is 0 Å². The fourth-order valence-corrected chi connectivity index (χ4v) is 0.970. The molecule has 0 fully saturated rings. The second-order valence-corrected chi connectivity index (χ2v) is 4.33. The van der Waals surface area contributed by atoms with E-state index in [1.54, 1.807) is 0 Å². The molecule has 0 radical (unpaired) electrons. The molecule has 0 heterocycles. The Morgan fingerprint density at radius 1 is 1.47 bits per heavy atom. The Kier molecular flexibility index (Phi) is 6.47. The average molecular weight is 219 g/mol. The fourth-order valence-electron chi connectivity index (χ4n) is 0.970. The molecule has 90 valence electrons. The van der Waals surface area contributed by atoms with Gasteiger partial charge in [-0.25, -0.2) is 0 Å². The summed E-state index contributed by atoms with van der Waals surface area (Å²) in [7, 11) is 1.51. The van der Waals surface area contributed by atoms with Crippen LogP contribution in [0.2, 0.25) is 0 Å². The molecule has 0 amide bonds. The quantitative estimate of drug-likeness (QED) is 0.612. The van der Waals surface area contributed by atoms with Crippen molar-refractivity contribution in [1.82, 2.24) is 5.32 Å². The van der Waals surface area contributed by atoms with E-state index in [-0.39, 0.29) is 19.1 Å². The molecule has 15 heavy (non-hydrogen) atoms. The zero-order chi connectivity index (χ0) is 11.9. The van der Waals surface area contributed by atoms with E-state index in [0.717, 1.165) is 0 Å². The van der Waals surface area contributed by atoms with Gasteiger partial charge in [-0.15, -0.1) is 0 Å². The summed E-state index contributed by atoms with van der Waals surface area (Å²) in [6, 6.07) is 0. The Balaban J connectivity index is 3.55. The zero-order valence-corrected chi connectivity index (χ0v) is 9.87. The molecule has 0 aromatic carbocycles. The Morgan fingerprint density at radius 2 is 2.07 bits per heavy atom. The molecule has 0 rings (SSSR count). The van der Waals surface area contributed by atoms with Crippen LogP contribution < -0.4 is 5.32 Å². The monoisotopic (exact) mass is 219 g/mol. The van der Waals surface area contributed by atoms with Crippen LogP contribution in [0, 0.1) is 0 Å². The minimum atomic E-state index is -0.600. The van der Waals surface area contributed by atoms with E-state index >= 15 is 0 Å². The number of methoxy groups -OCH3 is 1. The van der Waals surface area contributed by atoms with Crippen LogP contribution in [-0.4, -0.2) is 49.6 Å². The predicted molar refractivity (Wildman–Crippen MR) is 56.6 cm³/mol. The molecule has 0 aliphatic carbocycles. The molecule has 1 unspecified atom stereocenters. The molecule has 2 N–H and O–H groups in total. The number of rotatable bonds is 6. The lowest BCUT2D eigenvalue weighted by Crippen LogP contribution is -2.36. The highest BCUT2D eigenvalue weighted by Crippen LogP contribution is 2.05. The number of ether oxygens (including phenoxy) is 2. The van der Waals surface area contributed by atoms with Gasteiger partial charge in [0.25, 0.3) is 0 Å². The molecular weight excluding hydrogens is 198 g/mol. The highest BCUT2D eigenvalue weighted by atomic mass is 16.6. The number of esters is 1. The molecular formula is C10H21NO4. The summed E-state index contributed by atoms with van der Waals surface area (Å²) in [5, 5.41) is 12.0. The van der Waals surface area contributed by atoms with Crippen molar-refractivity contribution in [3.63, 3.8) is 0 Å². The van der Waals surface area contributed by atoms with Crippen LogP contribution in [0.5, 0.6) is 0 Å². The van der Waals surface area contributed by atoms with E-state index in [0.29, 0.717) is 6.54 Å². The lowest BCUT2D eigenvalue weighted by atomic mass is 10.2. The van der Waals surface area contributed by atoms with Gasteiger partial charge in [-0.2, -0.15) is 0 Å².